The van der Waals surface area contributed by atoms with Gasteiger partial charge >= 0.3 is 0 Å². The fourth-order valence-electron chi connectivity index (χ4n) is 3.13. The van der Waals surface area contributed by atoms with Crippen LogP contribution in [0.2, 0.25) is 0 Å². The second kappa shape index (κ2) is 7.47. The Labute approximate surface area is 148 Å². The molecule has 5 heteroatoms. The Morgan fingerprint density at radius 2 is 1.72 bits per heavy atom. The molecule has 2 amide bonds. The highest BCUT2D eigenvalue weighted by Gasteiger charge is 2.25. The molecule has 0 saturated carbocycles. The first-order valence-electron chi connectivity index (χ1n) is 8.59. The van der Waals surface area contributed by atoms with Crippen molar-refractivity contribution in [1.29, 1.82) is 0 Å². The number of hydrogen-bond donors (Lipinski definition) is 0. The van der Waals surface area contributed by atoms with Gasteiger partial charge in [-0.15, -0.1) is 0 Å². The number of carbonyl (C=O) groups is 2. The molecule has 1 fully saturated rings. The highest BCUT2D eigenvalue weighted by Crippen LogP contribution is 2.14. The molecule has 1 aromatic heterocycles. The number of aromatic nitrogens is 1. The summed E-state index contributed by atoms with van der Waals surface area (Å²) < 4.78 is 0. The monoisotopic (exact) mass is 337 g/mol. The molecule has 1 aliphatic heterocycles. The van der Waals surface area contributed by atoms with E-state index in [0.717, 1.165) is 11.1 Å². The summed E-state index contributed by atoms with van der Waals surface area (Å²) in [4.78, 5) is 32.7. The van der Waals surface area contributed by atoms with Crippen LogP contribution < -0.4 is 0 Å². The SMILES string of the molecule is Cc1ccc(CC(=O)N2CCN(C(=O)c3ccccn3)CC2)c(C)c1. The number of pyridine rings is 1. The Hall–Kier alpha value is -2.69. The van der Waals surface area contributed by atoms with Crippen LogP contribution in [0.4, 0.5) is 0 Å². The Morgan fingerprint density at radius 3 is 2.36 bits per heavy atom. The Bertz CT molecular complexity index is 766. The minimum absolute atomic E-state index is 0.0675. The van der Waals surface area contributed by atoms with Crippen LogP contribution in [0.25, 0.3) is 0 Å². The summed E-state index contributed by atoms with van der Waals surface area (Å²) >= 11 is 0. The number of carbonyl (C=O) groups excluding carboxylic acids is 2. The first-order chi connectivity index (χ1) is 12.0. The van der Waals surface area contributed by atoms with Crippen LogP contribution in [0.1, 0.15) is 27.2 Å². The van der Waals surface area contributed by atoms with E-state index in [0.29, 0.717) is 38.3 Å². The fraction of sp³-hybridized carbons (Fsp3) is 0.350. The number of benzene rings is 1. The molecule has 1 aromatic carbocycles. The van der Waals surface area contributed by atoms with Crippen molar-refractivity contribution < 1.29 is 9.59 Å². The summed E-state index contributed by atoms with van der Waals surface area (Å²) in [6, 6.07) is 11.5. The van der Waals surface area contributed by atoms with Gasteiger partial charge in [0.25, 0.3) is 5.91 Å². The molecule has 0 aliphatic carbocycles. The van der Waals surface area contributed by atoms with Crippen LogP contribution in [0.3, 0.4) is 0 Å². The highest BCUT2D eigenvalue weighted by molar-refractivity contribution is 5.92. The quantitative estimate of drug-likeness (QED) is 0.863. The molecule has 0 atom stereocenters. The number of rotatable bonds is 3. The van der Waals surface area contributed by atoms with Crippen molar-refractivity contribution in [3.63, 3.8) is 0 Å². The largest absolute Gasteiger partial charge is 0.339 e. The van der Waals surface area contributed by atoms with Crippen molar-refractivity contribution >= 4 is 11.8 Å². The molecule has 5 nitrogen and oxygen atoms in total. The third kappa shape index (κ3) is 4.05. The van der Waals surface area contributed by atoms with E-state index in [2.05, 4.69) is 18.0 Å². The predicted molar refractivity (Wildman–Crippen MR) is 96.3 cm³/mol. The summed E-state index contributed by atoms with van der Waals surface area (Å²) in [7, 11) is 0. The molecule has 2 aromatic rings. The van der Waals surface area contributed by atoms with Crippen LogP contribution in [0.5, 0.6) is 0 Å². The van der Waals surface area contributed by atoms with E-state index in [1.807, 2.05) is 30.0 Å². The normalized spacial score (nSPS) is 14.5. The molecule has 3 rings (SSSR count). The zero-order chi connectivity index (χ0) is 17.8. The summed E-state index contributed by atoms with van der Waals surface area (Å²) in [5, 5.41) is 0. The van der Waals surface area contributed by atoms with Crippen LogP contribution in [-0.4, -0.2) is 52.8 Å². The standard InChI is InChI=1S/C20H23N3O2/c1-15-6-7-17(16(2)13-15)14-19(24)22-9-11-23(12-10-22)20(25)18-5-3-4-8-21-18/h3-8,13H,9-12,14H2,1-2H3. The van der Waals surface area contributed by atoms with Gasteiger partial charge in [0.1, 0.15) is 5.69 Å². The van der Waals surface area contributed by atoms with Crippen molar-refractivity contribution in [1.82, 2.24) is 14.8 Å². The van der Waals surface area contributed by atoms with Gasteiger partial charge in [-0.05, 0) is 37.1 Å². The lowest BCUT2D eigenvalue weighted by Gasteiger charge is -2.34. The highest BCUT2D eigenvalue weighted by atomic mass is 16.2. The van der Waals surface area contributed by atoms with Crippen molar-refractivity contribution in [2.45, 2.75) is 20.3 Å². The van der Waals surface area contributed by atoms with Crippen LogP contribution in [-0.2, 0) is 11.2 Å². The van der Waals surface area contributed by atoms with E-state index >= 15 is 0 Å². The molecule has 1 saturated heterocycles. The summed E-state index contributed by atoms with van der Waals surface area (Å²) in [6.45, 7) is 6.34. The molecule has 25 heavy (non-hydrogen) atoms. The Balaban J connectivity index is 1.56. The third-order valence-electron chi connectivity index (χ3n) is 4.64. The van der Waals surface area contributed by atoms with Gasteiger partial charge in [-0.25, -0.2) is 0 Å². The topological polar surface area (TPSA) is 53.5 Å². The van der Waals surface area contributed by atoms with Gasteiger partial charge < -0.3 is 9.80 Å². The molecule has 0 N–H and O–H groups in total. The first-order valence-corrected chi connectivity index (χ1v) is 8.59. The lowest BCUT2D eigenvalue weighted by molar-refractivity contribution is -0.131. The number of piperazine rings is 1. The first kappa shape index (κ1) is 17.1. The second-order valence-corrected chi connectivity index (χ2v) is 6.49. The Morgan fingerprint density at radius 1 is 1.00 bits per heavy atom. The fourth-order valence-corrected chi connectivity index (χ4v) is 3.13. The zero-order valence-electron chi connectivity index (χ0n) is 14.7. The molecule has 0 radical (unpaired) electrons. The maximum atomic E-state index is 12.6. The lowest BCUT2D eigenvalue weighted by atomic mass is 10.0. The van der Waals surface area contributed by atoms with E-state index in [1.54, 1.807) is 23.2 Å². The van der Waals surface area contributed by atoms with Crippen molar-refractivity contribution in [3.8, 4) is 0 Å². The smallest absolute Gasteiger partial charge is 0.272 e. The lowest BCUT2D eigenvalue weighted by Crippen LogP contribution is -2.51. The molecule has 1 aliphatic rings. The molecular formula is C20H23N3O2. The summed E-state index contributed by atoms with van der Waals surface area (Å²) in [6.07, 6.45) is 2.04. The zero-order valence-corrected chi connectivity index (χ0v) is 14.7. The number of amides is 2. The van der Waals surface area contributed by atoms with Gasteiger partial charge in [-0.2, -0.15) is 0 Å². The molecule has 0 spiro atoms. The van der Waals surface area contributed by atoms with Gasteiger partial charge in [0, 0.05) is 32.4 Å². The third-order valence-corrected chi connectivity index (χ3v) is 4.64. The van der Waals surface area contributed by atoms with Gasteiger partial charge in [-0.1, -0.05) is 29.8 Å². The van der Waals surface area contributed by atoms with Gasteiger partial charge in [0.2, 0.25) is 5.91 Å². The van der Waals surface area contributed by atoms with E-state index < -0.39 is 0 Å². The van der Waals surface area contributed by atoms with E-state index in [-0.39, 0.29) is 11.8 Å². The van der Waals surface area contributed by atoms with E-state index in [9.17, 15) is 9.59 Å². The van der Waals surface area contributed by atoms with E-state index in [4.69, 9.17) is 0 Å². The number of aryl methyl sites for hydroxylation is 2. The maximum absolute atomic E-state index is 12.6. The van der Waals surface area contributed by atoms with Gasteiger partial charge in [0.05, 0.1) is 6.42 Å². The van der Waals surface area contributed by atoms with Crippen LogP contribution >= 0.6 is 0 Å². The van der Waals surface area contributed by atoms with Gasteiger partial charge in [0.15, 0.2) is 0 Å². The van der Waals surface area contributed by atoms with Crippen LogP contribution in [0.15, 0.2) is 42.6 Å². The number of hydrogen-bond acceptors (Lipinski definition) is 3. The van der Waals surface area contributed by atoms with Crippen molar-refractivity contribution in [3.05, 3.63) is 65.0 Å². The van der Waals surface area contributed by atoms with Crippen molar-refractivity contribution in [2.75, 3.05) is 26.2 Å². The van der Waals surface area contributed by atoms with Gasteiger partial charge in [-0.3, -0.25) is 14.6 Å². The molecule has 0 unspecified atom stereocenters. The maximum Gasteiger partial charge on any atom is 0.272 e. The second-order valence-electron chi connectivity index (χ2n) is 6.49. The molecular weight excluding hydrogens is 314 g/mol. The predicted octanol–water partition coefficient (Wildman–Crippen LogP) is 2.23. The average Bonchev–Trinajstić information content (AvgIpc) is 2.64. The number of nitrogens with zero attached hydrogens (tertiary/aromatic N) is 3. The minimum Gasteiger partial charge on any atom is -0.339 e. The van der Waals surface area contributed by atoms with Crippen LogP contribution in [0, 0.1) is 13.8 Å². The summed E-state index contributed by atoms with van der Waals surface area (Å²) in [5.74, 6) is 0.0546. The van der Waals surface area contributed by atoms with E-state index in [1.165, 1.54) is 5.56 Å². The molecule has 130 valence electrons. The van der Waals surface area contributed by atoms with Crippen molar-refractivity contribution in [2.24, 2.45) is 0 Å². The summed E-state index contributed by atoms with van der Waals surface area (Å²) in [5.41, 5.74) is 3.88. The molecule has 0 bridgehead atoms. The average molecular weight is 337 g/mol. The molecule has 2 heterocycles. The minimum atomic E-state index is -0.0675. The Kier molecular flexibility index (Phi) is 5.12.